The predicted octanol–water partition coefficient (Wildman–Crippen LogP) is 3.61. The summed E-state index contributed by atoms with van der Waals surface area (Å²) in [6.45, 7) is 9.39. The van der Waals surface area contributed by atoms with Crippen LogP contribution in [0, 0.1) is 19.8 Å². The largest absolute Gasteiger partial charge is 0.493 e. The second-order valence-corrected chi connectivity index (χ2v) is 5.10. The Morgan fingerprint density at radius 3 is 2.24 bits per heavy atom. The van der Waals surface area contributed by atoms with E-state index in [1.807, 2.05) is 26.0 Å². The summed E-state index contributed by atoms with van der Waals surface area (Å²) in [4.78, 5) is 0. The lowest BCUT2D eigenvalue weighted by Gasteiger charge is -2.14. The van der Waals surface area contributed by atoms with Gasteiger partial charge in [-0.15, -0.1) is 0 Å². The molecule has 0 saturated carbocycles. The van der Waals surface area contributed by atoms with E-state index in [-0.39, 0.29) is 6.61 Å². The van der Waals surface area contributed by atoms with Gasteiger partial charge in [0.2, 0.25) is 0 Å². The van der Waals surface area contributed by atoms with Gasteiger partial charge < -0.3 is 9.84 Å². The summed E-state index contributed by atoms with van der Waals surface area (Å²) in [5.74, 6) is 1.71. The van der Waals surface area contributed by atoms with E-state index < -0.39 is 0 Å². The van der Waals surface area contributed by atoms with Crippen LogP contribution in [0.25, 0.3) is 0 Å². The van der Waals surface area contributed by atoms with Crippen LogP contribution in [0.15, 0.2) is 12.1 Å². The zero-order valence-corrected chi connectivity index (χ0v) is 11.4. The highest BCUT2D eigenvalue weighted by molar-refractivity contribution is 5.43. The van der Waals surface area contributed by atoms with E-state index in [1.165, 1.54) is 6.42 Å². The highest BCUT2D eigenvalue weighted by atomic mass is 16.5. The van der Waals surface area contributed by atoms with Crippen LogP contribution in [-0.4, -0.2) is 11.7 Å². The Morgan fingerprint density at radius 2 is 1.76 bits per heavy atom. The standard InChI is InChI=1S/C15H24O2/c1-11(2)6-5-7-17-15-12(3)8-14(10-16)9-13(15)4/h8-9,11,16H,5-7,10H2,1-4H3. The van der Waals surface area contributed by atoms with Crippen LogP contribution < -0.4 is 4.74 Å². The van der Waals surface area contributed by atoms with Crippen molar-refractivity contribution in [1.29, 1.82) is 0 Å². The lowest BCUT2D eigenvalue weighted by molar-refractivity contribution is 0.279. The number of hydrogen-bond acceptors (Lipinski definition) is 2. The van der Waals surface area contributed by atoms with E-state index >= 15 is 0 Å². The summed E-state index contributed by atoms with van der Waals surface area (Å²) >= 11 is 0. The quantitative estimate of drug-likeness (QED) is 0.765. The summed E-state index contributed by atoms with van der Waals surface area (Å²) in [5.41, 5.74) is 3.17. The number of aliphatic hydroxyl groups excluding tert-OH is 1. The molecule has 0 aliphatic rings. The van der Waals surface area contributed by atoms with E-state index in [9.17, 15) is 0 Å². The van der Waals surface area contributed by atoms with E-state index in [0.29, 0.717) is 0 Å². The SMILES string of the molecule is Cc1cc(CO)cc(C)c1OCCCC(C)C. The molecule has 1 N–H and O–H groups in total. The molecule has 0 aliphatic heterocycles. The van der Waals surface area contributed by atoms with Crippen molar-refractivity contribution in [3.8, 4) is 5.75 Å². The number of rotatable bonds is 6. The summed E-state index contributed by atoms with van der Waals surface area (Å²) in [6.07, 6.45) is 2.30. The molecule has 96 valence electrons. The van der Waals surface area contributed by atoms with Gasteiger partial charge in [-0.3, -0.25) is 0 Å². The molecule has 0 spiro atoms. The van der Waals surface area contributed by atoms with Crippen LogP contribution in [0.3, 0.4) is 0 Å². The van der Waals surface area contributed by atoms with Gasteiger partial charge in [0, 0.05) is 0 Å². The smallest absolute Gasteiger partial charge is 0.125 e. The summed E-state index contributed by atoms with van der Waals surface area (Å²) in [5, 5.41) is 9.11. The maximum atomic E-state index is 9.11. The van der Waals surface area contributed by atoms with Crippen molar-refractivity contribution in [2.75, 3.05) is 6.61 Å². The molecule has 0 unspecified atom stereocenters. The molecule has 0 fully saturated rings. The van der Waals surface area contributed by atoms with Crippen molar-refractivity contribution in [2.24, 2.45) is 5.92 Å². The molecule has 0 amide bonds. The van der Waals surface area contributed by atoms with Gasteiger partial charge in [0.05, 0.1) is 13.2 Å². The second-order valence-electron chi connectivity index (χ2n) is 5.10. The van der Waals surface area contributed by atoms with Crippen LogP contribution in [0.2, 0.25) is 0 Å². The summed E-state index contributed by atoms with van der Waals surface area (Å²) in [6, 6.07) is 3.98. The Balaban J connectivity index is 2.59. The first-order valence-electron chi connectivity index (χ1n) is 6.38. The maximum Gasteiger partial charge on any atom is 0.125 e. The number of hydrogen-bond donors (Lipinski definition) is 1. The van der Waals surface area contributed by atoms with Crippen molar-refractivity contribution in [2.45, 2.75) is 47.1 Å². The zero-order valence-electron chi connectivity index (χ0n) is 11.4. The van der Waals surface area contributed by atoms with E-state index in [4.69, 9.17) is 9.84 Å². The fourth-order valence-corrected chi connectivity index (χ4v) is 2.02. The highest BCUT2D eigenvalue weighted by Crippen LogP contribution is 2.25. The zero-order chi connectivity index (χ0) is 12.8. The topological polar surface area (TPSA) is 29.5 Å². The third-order valence-electron chi connectivity index (χ3n) is 2.87. The average molecular weight is 236 g/mol. The first-order chi connectivity index (χ1) is 8.04. The molecule has 0 saturated heterocycles. The van der Waals surface area contributed by atoms with E-state index in [1.54, 1.807) is 0 Å². The monoisotopic (exact) mass is 236 g/mol. The molecule has 2 nitrogen and oxygen atoms in total. The number of benzene rings is 1. The van der Waals surface area contributed by atoms with Gasteiger partial charge in [-0.2, -0.15) is 0 Å². The molecule has 2 heteroatoms. The molecule has 0 bridgehead atoms. The minimum Gasteiger partial charge on any atom is -0.493 e. The van der Waals surface area contributed by atoms with Gasteiger partial charge in [-0.25, -0.2) is 0 Å². The molecule has 1 aromatic rings. The molecule has 0 aromatic heterocycles. The minimum absolute atomic E-state index is 0.0926. The number of ether oxygens (including phenoxy) is 1. The fourth-order valence-electron chi connectivity index (χ4n) is 2.02. The van der Waals surface area contributed by atoms with E-state index in [2.05, 4.69) is 13.8 Å². The molecule has 0 heterocycles. The van der Waals surface area contributed by atoms with Crippen LogP contribution in [-0.2, 0) is 6.61 Å². The first kappa shape index (κ1) is 14.0. The van der Waals surface area contributed by atoms with Gasteiger partial charge in [0.15, 0.2) is 0 Å². The Morgan fingerprint density at radius 1 is 1.18 bits per heavy atom. The van der Waals surface area contributed by atoms with Crippen LogP contribution in [0.1, 0.15) is 43.4 Å². The van der Waals surface area contributed by atoms with Crippen LogP contribution in [0.4, 0.5) is 0 Å². The van der Waals surface area contributed by atoms with E-state index in [0.717, 1.165) is 41.4 Å². The van der Waals surface area contributed by atoms with Gasteiger partial charge in [0.1, 0.15) is 5.75 Å². The highest BCUT2D eigenvalue weighted by Gasteiger charge is 2.06. The first-order valence-corrected chi connectivity index (χ1v) is 6.38. The third-order valence-corrected chi connectivity index (χ3v) is 2.87. The van der Waals surface area contributed by atoms with Crippen molar-refractivity contribution in [1.82, 2.24) is 0 Å². The molecular formula is C15H24O2. The Bertz CT molecular complexity index is 333. The van der Waals surface area contributed by atoms with Crippen molar-refractivity contribution in [3.05, 3.63) is 28.8 Å². The Hall–Kier alpha value is -1.02. The van der Waals surface area contributed by atoms with Crippen LogP contribution >= 0.6 is 0 Å². The van der Waals surface area contributed by atoms with Crippen molar-refractivity contribution < 1.29 is 9.84 Å². The van der Waals surface area contributed by atoms with Gasteiger partial charge in [-0.05, 0) is 49.3 Å². The number of aryl methyl sites for hydroxylation is 2. The summed E-state index contributed by atoms with van der Waals surface area (Å²) < 4.78 is 5.84. The minimum atomic E-state index is 0.0926. The third kappa shape index (κ3) is 4.39. The van der Waals surface area contributed by atoms with Crippen molar-refractivity contribution >= 4 is 0 Å². The lowest BCUT2D eigenvalue weighted by atomic mass is 10.1. The molecule has 1 rings (SSSR count). The van der Waals surface area contributed by atoms with Crippen LogP contribution in [0.5, 0.6) is 5.75 Å². The summed E-state index contributed by atoms with van der Waals surface area (Å²) in [7, 11) is 0. The molecule has 0 radical (unpaired) electrons. The normalized spacial score (nSPS) is 10.9. The molecule has 17 heavy (non-hydrogen) atoms. The van der Waals surface area contributed by atoms with Gasteiger partial charge in [-0.1, -0.05) is 26.0 Å². The molecule has 0 atom stereocenters. The maximum absolute atomic E-state index is 9.11. The van der Waals surface area contributed by atoms with Gasteiger partial charge in [0.25, 0.3) is 0 Å². The molecular weight excluding hydrogens is 212 g/mol. The predicted molar refractivity (Wildman–Crippen MR) is 71.4 cm³/mol. The average Bonchev–Trinajstić information content (AvgIpc) is 2.26. The lowest BCUT2D eigenvalue weighted by Crippen LogP contribution is -2.03. The Labute approximate surface area is 105 Å². The van der Waals surface area contributed by atoms with Gasteiger partial charge >= 0.3 is 0 Å². The number of aliphatic hydroxyl groups is 1. The fraction of sp³-hybridized carbons (Fsp3) is 0.600. The molecule has 0 aliphatic carbocycles. The Kier molecular flexibility index (Phi) is 5.49. The second kappa shape index (κ2) is 6.65. The molecule has 1 aromatic carbocycles. The van der Waals surface area contributed by atoms with Crippen molar-refractivity contribution in [3.63, 3.8) is 0 Å².